The number of carbonyl (C=O) groups is 1. The van der Waals surface area contributed by atoms with E-state index in [0.717, 1.165) is 54.6 Å². The summed E-state index contributed by atoms with van der Waals surface area (Å²) in [4.78, 5) is 32.6. The van der Waals surface area contributed by atoms with Gasteiger partial charge in [-0.1, -0.05) is 0 Å². The van der Waals surface area contributed by atoms with Gasteiger partial charge in [0.1, 0.15) is 11.5 Å². The number of amides is 1. The minimum absolute atomic E-state index is 0.0759. The van der Waals surface area contributed by atoms with E-state index in [4.69, 9.17) is 18.9 Å². The number of halogens is 3. The molecule has 0 radical (unpaired) electrons. The Hall–Kier alpha value is -5.61. The van der Waals surface area contributed by atoms with Crippen LogP contribution in [0.5, 0.6) is 28.7 Å². The number of ether oxygens (including phenoxy) is 5. The molecule has 2 aromatic heterocycles. The molecule has 0 saturated carbocycles. The van der Waals surface area contributed by atoms with Crippen LogP contribution in [0, 0.1) is 5.82 Å². The summed E-state index contributed by atoms with van der Waals surface area (Å²) >= 11 is 0. The Bertz CT molecular complexity index is 2030. The number of rotatable bonds is 13. The second-order valence-electron chi connectivity index (χ2n) is 11.1. The summed E-state index contributed by atoms with van der Waals surface area (Å²) in [5, 5.41) is 7.15. The second kappa shape index (κ2) is 15.3. The topological polar surface area (TPSA) is 131 Å². The predicted octanol–water partition coefficient (Wildman–Crippen LogP) is 5.01. The van der Waals surface area contributed by atoms with Crippen molar-refractivity contribution < 1.29 is 41.7 Å². The van der Waals surface area contributed by atoms with E-state index in [2.05, 4.69) is 25.0 Å². The quantitative estimate of drug-likeness (QED) is 0.168. The first-order valence-electron chi connectivity index (χ1n) is 15.6. The number of morpholine rings is 1. The van der Waals surface area contributed by atoms with Gasteiger partial charge in [-0.15, -0.1) is 5.10 Å². The number of pyridine rings is 1. The molecule has 3 heterocycles. The minimum Gasteiger partial charge on any atom is -0.493 e. The first-order valence-corrected chi connectivity index (χ1v) is 15.6. The number of benzene rings is 3. The number of hydrogen-bond acceptors (Lipinski definition) is 10. The van der Waals surface area contributed by atoms with Crippen LogP contribution in [0.4, 0.5) is 18.9 Å². The fourth-order valence-electron chi connectivity index (χ4n) is 5.32. The summed E-state index contributed by atoms with van der Waals surface area (Å²) in [5.74, 6) is -0.757. The van der Waals surface area contributed by atoms with Crippen LogP contribution in [0.25, 0.3) is 16.6 Å². The third-order valence-corrected chi connectivity index (χ3v) is 7.87. The average molecular weight is 695 g/mol. The molecule has 1 N–H and O–H groups in total. The largest absolute Gasteiger partial charge is 0.493 e. The second-order valence-corrected chi connectivity index (χ2v) is 11.1. The van der Waals surface area contributed by atoms with E-state index in [9.17, 15) is 18.4 Å². The monoisotopic (exact) mass is 694 g/mol. The van der Waals surface area contributed by atoms with Crippen LogP contribution in [0.1, 0.15) is 17.0 Å². The maximum absolute atomic E-state index is 15.3. The SMILES string of the molecule is COc1cc2c(Oc3ccc(NC(=O)c4nn(-c5ccc(OC(F)F)cc5)c(=O)n4C)cc3F)ccnc2cc1OCCCN1CCOCC1. The predicted molar refractivity (Wildman–Crippen MR) is 176 cm³/mol. The third kappa shape index (κ3) is 7.82. The Balaban J connectivity index is 1.13. The molecule has 50 heavy (non-hydrogen) atoms. The summed E-state index contributed by atoms with van der Waals surface area (Å²) in [6.45, 7) is 1.66. The standard InChI is InChI=1S/C34H33F3N6O7/c1-41-31(40-43(34(41)45)22-5-7-23(8-6-22)49-33(36)37)32(44)39-21-4-9-28(25(35)18-21)50-27-10-11-38-26-20-30(29(46-2)19-24(26)27)48-15-3-12-42-13-16-47-17-14-42/h4-11,18-20,33H,3,12-17H2,1-2H3,(H,39,44). The van der Waals surface area contributed by atoms with Gasteiger partial charge in [0.25, 0.3) is 5.91 Å². The number of carbonyl (C=O) groups excluding carboxylic acids is 1. The van der Waals surface area contributed by atoms with E-state index in [-0.39, 0.29) is 28.7 Å². The van der Waals surface area contributed by atoms with Crippen LogP contribution in [-0.4, -0.2) is 83.3 Å². The highest BCUT2D eigenvalue weighted by molar-refractivity contribution is 6.01. The van der Waals surface area contributed by atoms with Crippen molar-refractivity contribution >= 4 is 22.5 Å². The summed E-state index contributed by atoms with van der Waals surface area (Å²) in [7, 11) is 2.86. The summed E-state index contributed by atoms with van der Waals surface area (Å²) in [6.07, 6.45) is 2.36. The Morgan fingerprint density at radius 2 is 1.78 bits per heavy atom. The highest BCUT2D eigenvalue weighted by Crippen LogP contribution is 2.38. The van der Waals surface area contributed by atoms with E-state index in [1.165, 1.54) is 56.8 Å². The lowest BCUT2D eigenvalue weighted by molar-refractivity contribution is -0.0498. The molecule has 6 rings (SSSR count). The fourth-order valence-corrected chi connectivity index (χ4v) is 5.32. The zero-order valence-electron chi connectivity index (χ0n) is 27.1. The number of anilines is 1. The highest BCUT2D eigenvalue weighted by atomic mass is 19.3. The molecular formula is C34H33F3N6O7. The normalized spacial score (nSPS) is 13.4. The van der Waals surface area contributed by atoms with Crippen LogP contribution in [-0.2, 0) is 11.8 Å². The molecule has 0 aliphatic carbocycles. The van der Waals surface area contributed by atoms with Crippen LogP contribution in [0.15, 0.2) is 71.7 Å². The van der Waals surface area contributed by atoms with Crippen molar-refractivity contribution in [3.8, 4) is 34.4 Å². The maximum Gasteiger partial charge on any atom is 0.387 e. The molecule has 0 atom stereocenters. The van der Waals surface area contributed by atoms with Crippen LogP contribution < -0.4 is 30.0 Å². The zero-order chi connectivity index (χ0) is 35.2. The Morgan fingerprint density at radius 3 is 2.50 bits per heavy atom. The zero-order valence-corrected chi connectivity index (χ0v) is 27.1. The van der Waals surface area contributed by atoms with Gasteiger partial charge in [-0.25, -0.2) is 9.18 Å². The highest BCUT2D eigenvalue weighted by Gasteiger charge is 2.20. The molecule has 0 spiro atoms. The summed E-state index contributed by atoms with van der Waals surface area (Å²) < 4.78 is 69.4. The number of alkyl halides is 2. The molecule has 1 fully saturated rings. The van der Waals surface area contributed by atoms with Gasteiger partial charge in [-0.3, -0.25) is 19.2 Å². The van der Waals surface area contributed by atoms with Gasteiger partial charge in [0.15, 0.2) is 23.1 Å². The van der Waals surface area contributed by atoms with Crippen molar-refractivity contribution in [3.05, 3.63) is 89.0 Å². The van der Waals surface area contributed by atoms with Crippen molar-refractivity contribution in [2.75, 3.05) is 51.9 Å². The molecule has 262 valence electrons. The number of nitrogens with one attached hydrogen (secondary N) is 1. The molecule has 13 nitrogen and oxygen atoms in total. The Morgan fingerprint density at radius 1 is 1.00 bits per heavy atom. The smallest absolute Gasteiger partial charge is 0.387 e. The minimum atomic E-state index is -3.01. The van der Waals surface area contributed by atoms with E-state index in [0.29, 0.717) is 34.8 Å². The molecule has 1 aliphatic heterocycles. The van der Waals surface area contributed by atoms with Gasteiger partial charge >= 0.3 is 12.3 Å². The number of methoxy groups -OCH3 is 1. The van der Waals surface area contributed by atoms with Gasteiger partial charge in [-0.05, 0) is 55.0 Å². The Labute approximate surface area is 283 Å². The van der Waals surface area contributed by atoms with E-state index in [1.807, 2.05) is 0 Å². The average Bonchev–Trinajstić information content (AvgIpc) is 3.41. The van der Waals surface area contributed by atoms with E-state index < -0.39 is 24.0 Å². The lowest BCUT2D eigenvalue weighted by Crippen LogP contribution is -2.37. The summed E-state index contributed by atoms with van der Waals surface area (Å²) in [6, 6.07) is 14.1. The first kappa shape index (κ1) is 34.3. The van der Waals surface area contributed by atoms with E-state index >= 15 is 4.39 Å². The number of fused-ring (bicyclic) bond motifs is 1. The van der Waals surface area contributed by atoms with Crippen LogP contribution >= 0.6 is 0 Å². The molecule has 1 amide bonds. The molecular weight excluding hydrogens is 661 g/mol. The molecule has 0 bridgehead atoms. The fraction of sp³-hybridized carbons (Fsp3) is 0.294. The lowest BCUT2D eigenvalue weighted by atomic mass is 10.1. The van der Waals surface area contributed by atoms with Crippen molar-refractivity contribution in [2.45, 2.75) is 13.0 Å². The van der Waals surface area contributed by atoms with E-state index in [1.54, 1.807) is 18.2 Å². The number of nitrogens with zero attached hydrogens (tertiary/aromatic N) is 5. The van der Waals surface area contributed by atoms with Gasteiger partial charge in [0.05, 0.1) is 38.1 Å². The molecule has 5 aromatic rings. The van der Waals surface area contributed by atoms with Crippen molar-refractivity contribution in [3.63, 3.8) is 0 Å². The molecule has 1 aliphatic rings. The van der Waals surface area contributed by atoms with Gasteiger partial charge in [0, 0.05) is 56.1 Å². The lowest BCUT2D eigenvalue weighted by Gasteiger charge is -2.26. The summed E-state index contributed by atoms with van der Waals surface area (Å²) in [5.41, 5.74) is 0.171. The van der Waals surface area contributed by atoms with Crippen LogP contribution in [0.3, 0.4) is 0 Å². The maximum atomic E-state index is 15.3. The number of hydrogen-bond donors (Lipinski definition) is 1. The Kier molecular flexibility index (Phi) is 10.5. The molecule has 16 heteroatoms. The van der Waals surface area contributed by atoms with Crippen molar-refractivity contribution in [1.82, 2.24) is 24.2 Å². The molecule has 1 saturated heterocycles. The molecule has 3 aromatic carbocycles. The van der Waals surface area contributed by atoms with Gasteiger partial charge in [0.2, 0.25) is 5.82 Å². The van der Waals surface area contributed by atoms with Gasteiger partial charge < -0.3 is 29.0 Å². The van der Waals surface area contributed by atoms with Gasteiger partial charge in [-0.2, -0.15) is 13.5 Å². The van der Waals surface area contributed by atoms with Crippen LogP contribution in [0.2, 0.25) is 0 Å². The molecule has 0 unspecified atom stereocenters. The third-order valence-electron chi connectivity index (χ3n) is 7.87. The first-order chi connectivity index (χ1) is 24.2. The van der Waals surface area contributed by atoms with Crippen molar-refractivity contribution in [2.24, 2.45) is 7.05 Å². The number of aromatic nitrogens is 4. The van der Waals surface area contributed by atoms with Crippen molar-refractivity contribution in [1.29, 1.82) is 0 Å².